The topological polar surface area (TPSA) is 131 Å². The van der Waals surface area contributed by atoms with E-state index in [4.69, 9.17) is 38.9 Å². The summed E-state index contributed by atoms with van der Waals surface area (Å²) in [5.41, 5.74) is 7.44. The molecule has 1 aromatic carbocycles. The van der Waals surface area contributed by atoms with Crippen molar-refractivity contribution in [1.29, 1.82) is 0 Å². The number of primary amides is 1. The summed E-state index contributed by atoms with van der Waals surface area (Å²) in [6.07, 6.45) is 6.69. The fourth-order valence-electron chi connectivity index (χ4n) is 5.01. The first-order valence-electron chi connectivity index (χ1n) is 11.6. The third-order valence-electron chi connectivity index (χ3n) is 6.83. The number of hydrogen-bond acceptors (Lipinski definition) is 7. The number of aromatic nitrogens is 4. The van der Waals surface area contributed by atoms with Gasteiger partial charge in [-0.05, 0) is 57.1 Å². The number of anilines is 3. The number of nitrogens with zero attached hydrogens (tertiary/aromatic N) is 4. The summed E-state index contributed by atoms with van der Waals surface area (Å²) < 4.78 is 2.06. The van der Waals surface area contributed by atoms with E-state index in [9.17, 15) is 9.90 Å². The number of amides is 1. The van der Waals surface area contributed by atoms with Gasteiger partial charge < -0.3 is 21.5 Å². The summed E-state index contributed by atoms with van der Waals surface area (Å²) in [5, 5.41) is 17.5. The maximum atomic E-state index is 11.7. The molecule has 2 aromatic heterocycles. The Bertz CT molecular complexity index is 1190. The van der Waals surface area contributed by atoms with Crippen molar-refractivity contribution in [2.24, 2.45) is 11.7 Å². The normalized spacial score (nSPS) is 24.9. The van der Waals surface area contributed by atoms with Gasteiger partial charge in [-0.25, -0.2) is 9.97 Å². The number of carbonyl (C=O) groups is 1. The molecule has 0 spiro atoms. The Morgan fingerprint density at radius 1 is 1.09 bits per heavy atom. The maximum absolute atomic E-state index is 11.7. The van der Waals surface area contributed by atoms with Gasteiger partial charge in [0.1, 0.15) is 5.52 Å². The molecule has 0 saturated heterocycles. The first-order chi connectivity index (χ1) is 16.4. The Labute approximate surface area is 207 Å². The summed E-state index contributed by atoms with van der Waals surface area (Å²) in [7, 11) is 0. The van der Waals surface area contributed by atoms with Crippen LogP contribution in [0, 0.1) is 5.92 Å². The van der Waals surface area contributed by atoms with E-state index in [1.807, 2.05) is 0 Å². The van der Waals surface area contributed by atoms with Crippen LogP contribution in [0.1, 0.15) is 51.0 Å². The SMILES string of the molecule is NC(=O)C1CCC(n2c(Nc3c(Cl)cccc3Cl)nc3cnc(NC4CC[C@H](O)C4)nc32)CC1. The number of carbonyl (C=O) groups excluding carboxylic acids is 1. The fourth-order valence-corrected chi connectivity index (χ4v) is 5.51. The van der Waals surface area contributed by atoms with Crippen LogP contribution in [0.4, 0.5) is 17.6 Å². The number of aliphatic hydroxyl groups excluding tert-OH is 1. The van der Waals surface area contributed by atoms with Crippen LogP contribution in [0.2, 0.25) is 10.0 Å². The fraction of sp³-hybridized carbons (Fsp3) is 0.478. The predicted octanol–water partition coefficient (Wildman–Crippen LogP) is 4.42. The highest BCUT2D eigenvalue weighted by Gasteiger charge is 2.30. The van der Waals surface area contributed by atoms with Crippen molar-refractivity contribution in [2.75, 3.05) is 10.6 Å². The molecule has 34 heavy (non-hydrogen) atoms. The highest BCUT2D eigenvalue weighted by molar-refractivity contribution is 6.39. The number of nitrogens with one attached hydrogen (secondary N) is 2. The highest BCUT2D eigenvalue weighted by atomic mass is 35.5. The van der Waals surface area contributed by atoms with Crippen LogP contribution >= 0.6 is 23.2 Å². The van der Waals surface area contributed by atoms with Gasteiger partial charge in [0.2, 0.25) is 17.8 Å². The van der Waals surface area contributed by atoms with Crippen molar-refractivity contribution in [1.82, 2.24) is 19.5 Å². The standard InChI is InChI=1S/C23H27Cl2N7O2/c24-16-2-1-3-17(25)19(16)30-23-29-18-11-27-22(28-13-6-9-15(33)10-13)31-21(18)32(23)14-7-4-12(5-8-14)20(26)34/h1-3,11-15,33H,4-10H2,(H2,26,34)(H,29,30)(H,27,28,31)/t12?,13?,14?,15-/m0/s1. The van der Waals surface area contributed by atoms with E-state index in [0.29, 0.717) is 58.1 Å². The minimum atomic E-state index is -0.289. The van der Waals surface area contributed by atoms with Gasteiger partial charge >= 0.3 is 0 Å². The lowest BCUT2D eigenvalue weighted by Gasteiger charge is -2.29. The van der Waals surface area contributed by atoms with Crippen LogP contribution in [0.5, 0.6) is 0 Å². The monoisotopic (exact) mass is 503 g/mol. The second-order valence-corrected chi connectivity index (χ2v) is 9.96. The second-order valence-electron chi connectivity index (χ2n) is 9.15. The Hall–Kier alpha value is -2.62. The molecule has 5 N–H and O–H groups in total. The van der Waals surface area contributed by atoms with E-state index in [0.717, 1.165) is 25.7 Å². The molecule has 1 amide bonds. The van der Waals surface area contributed by atoms with Crippen LogP contribution in [0.25, 0.3) is 11.2 Å². The lowest BCUT2D eigenvalue weighted by molar-refractivity contribution is -0.122. The van der Waals surface area contributed by atoms with E-state index < -0.39 is 0 Å². The van der Waals surface area contributed by atoms with Gasteiger partial charge in [-0.2, -0.15) is 4.98 Å². The molecule has 0 bridgehead atoms. The van der Waals surface area contributed by atoms with E-state index >= 15 is 0 Å². The van der Waals surface area contributed by atoms with Crippen molar-refractivity contribution >= 4 is 57.9 Å². The van der Waals surface area contributed by atoms with Gasteiger partial charge in [0.15, 0.2) is 5.65 Å². The molecule has 2 aliphatic rings. The maximum Gasteiger partial charge on any atom is 0.224 e. The van der Waals surface area contributed by atoms with Gasteiger partial charge in [-0.15, -0.1) is 0 Å². The second kappa shape index (κ2) is 9.56. The third-order valence-corrected chi connectivity index (χ3v) is 7.46. The minimum Gasteiger partial charge on any atom is -0.393 e. The molecule has 11 heteroatoms. The molecule has 180 valence electrons. The Kier molecular flexibility index (Phi) is 6.50. The van der Waals surface area contributed by atoms with Crippen molar-refractivity contribution in [3.8, 4) is 0 Å². The number of rotatable bonds is 6. The summed E-state index contributed by atoms with van der Waals surface area (Å²) in [5.74, 6) is 0.708. The molecule has 0 aliphatic heterocycles. The Morgan fingerprint density at radius 2 is 1.82 bits per heavy atom. The highest BCUT2D eigenvalue weighted by Crippen LogP contribution is 2.39. The average molecular weight is 504 g/mol. The molecule has 1 unspecified atom stereocenters. The molecule has 2 heterocycles. The van der Waals surface area contributed by atoms with Gasteiger partial charge in [-0.3, -0.25) is 9.36 Å². The summed E-state index contributed by atoms with van der Waals surface area (Å²) in [4.78, 5) is 25.7. The van der Waals surface area contributed by atoms with Gasteiger partial charge in [0.05, 0.1) is 28.0 Å². The minimum absolute atomic E-state index is 0.0698. The average Bonchev–Trinajstić information content (AvgIpc) is 3.38. The quantitative estimate of drug-likeness (QED) is 0.391. The van der Waals surface area contributed by atoms with E-state index in [1.165, 1.54) is 0 Å². The zero-order chi connectivity index (χ0) is 23.8. The van der Waals surface area contributed by atoms with Crippen molar-refractivity contribution < 1.29 is 9.90 Å². The molecule has 5 rings (SSSR count). The third kappa shape index (κ3) is 4.64. The number of nitrogens with two attached hydrogens (primary N) is 1. The van der Waals surface area contributed by atoms with Crippen LogP contribution in [-0.4, -0.2) is 42.7 Å². The lowest BCUT2D eigenvalue weighted by atomic mass is 9.85. The molecule has 9 nitrogen and oxygen atoms in total. The Balaban J connectivity index is 1.52. The van der Waals surface area contributed by atoms with E-state index in [1.54, 1.807) is 24.4 Å². The van der Waals surface area contributed by atoms with Crippen molar-refractivity contribution in [2.45, 2.75) is 63.1 Å². The van der Waals surface area contributed by atoms with E-state index in [-0.39, 0.29) is 30.0 Å². The molecule has 2 fully saturated rings. The van der Waals surface area contributed by atoms with Crippen molar-refractivity contribution in [3.63, 3.8) is 0 Å². The van der Waals surface area contributed by atoms with Crippen LogP contribution < -0.4 is 16.4 Å². The number of aliphatic hydroxyl groups is 1. The summed E-state index contributed by atoms with van der Waals surface area (Å²) >= 11 is 12.8. The smallest absolute Gasteiger partial charge is 0.224 e. The first kappa shape index (κ1) is 23.1. The summed E-state index contributed by atoms with van der Waals surface area (Å²) in [6.45, 7) is 0. The van der Waals surface area contributed by atoms with Gasteiger partial charge in [-0.1, -0.05) is 29.3 Å². The van der Waals surface area contributed by atoms with Gasteiger partial charge in [0.25, 0.3) is 0 Å². The lowest BCUT2D eigenvalue weighted by Crippen LogP contribution is -2.28. The van der Waals surface area contributed by atoms with Crippen molar-refractivity contribution in [3.05, 3.63) is 34.4 Å². The molecule has 3 aromatic rings. The number of fused-ring (bicyclic) bond motifs is 1. The number of imidazole rings is 1. The molecule has 0 radical (unpaired) electrons. The van der Waals surface area contributed by atoms with Crippen LogP contribution in [0.3, 0.4) is 0 Å². The predicted molar refractivity (Wildman–Crippen MR) is 133 cm³/mol. The first-order valence-corrected chi connectivity index (χ1v) is 12.3. The molecular formula is C23H27Cl2N7O2. The number of halogens is 2. The zero-order valence-corrected chi connectivity index (χ0v) is 20.1. The molecule has 2 saturated carbocycles. The largest absolute Gasteiger partial charge is 0.393 e. The molecule has 2 aliphatic carbocycles. The molecule has 2 atom stereocenters. The number of benzene rings is 1. The van der Waals surface area contributed by atoms with Gasteiger partial charge in [0, 0.05) is 18.0 Å². The Morgan fingerprint density at radius 3 is 2.47 bits per heavy atom. The van der Waals surface area contributed by atoms with Crippen LogP contribution in [0.15, 0.2) is 24.4 Å². The molecular weight excluding hydrogens is 477 g/mol. The van der Waals surface area contributed by atoms with E-state index in [2.05, 4.69) is 20.2 Å². The van der Waals surface area contributed by atoms with Crippen LogP contribution in [-0.2, 0) is 4.79 Å². The summed E-state index contributed by atoms with van der Waals surface area (Å²) in [6, 6.07) is 5.51. The number of para-hydroxylation sites is 1. The zero-order valence-electron chi connectivity index (χ0n) is 18.5. The number of hydrogen-bond donors (Lipinski definition) is 4.